The zero-order chi connectivity index (χ0) is 19.7. The molecule has 0 bridgehead atoms. The number of nitrogens with zero attached hydrogens (tertiary/aromatic N) is 4. The molecule has 1 unspecified atom stereocenters. The van der Waals surface area contributed by atoms with Crippen LogP contribution >= 0.6 is 0 Å². The molecule has 7 nitrogen and oxygen atoms in total. The molecule has 142 valence electrons. The SMILES string of the molecule is CCC1c2cc(OC)c(OC)cc2C(=O)N1c1ccnc(-c2ncccn2)c1. The lowest BCUT2D eigenvalue weighted by Gasteiger charge is -2.24. The van der Waals surface area contributed by atoms with Crippen molar-refractivity contribution >= 4 is 11.6 Å². The first-order valence-electron chi connectivity index (χ1n) is 9.00. The summed E-state index contributed by atoms with van der Waals surface area (Å²) in [5.74, 6) is 1.60. The van der Waals surface area contributed by atoms with Crippen molar-refractivity contribution in [2.45, 2.75) is 19.4 Å². The van der Waals surface area contributed by atoms with Gasteiger partial charge in [-0.1, -0.05) is 6.92 Å². The second-order valence-electron chi connectivity index (χ2n) is 6.37. The predicted molar refractivity (Wildman–Crippen MR) is 105 cm³/mol. The Bertz CT molecular complexity index is 1020. The molecule has 0 radical (unpaired) electrons. The maximum absolute atomic E-state index is 13.3. The van der Waals surface area contributed by atoms with Crippen LogP contribution in [0.1, 0.15) is 35.3 Å². The van der Waals surface area contributed by atoms with E-state index in [0.717, 1.165) is 17.7 Å². The fourth-order valence-electron chi connectivity index (χ4n) is 3.59. The first-order valence-corrected chi connectivity index (χ1v) is 9.00. The predicted octanol–water partition coefficient (Wildman–Crippen LogP) is 3.67. The van der Waals surface area contributed by atoms with Gasteiger partial charge >= 0.3 is 0 Å². The maximum Gasteiger partial charge on any atom is 0.259 e. The van der Waals surface area contributed by atoms with Crippen LogP contribution < -0.4 is 14.4 Å². The van der Waals surface area contributed by atoms with Crippen LogP contribution in [-0.4, -0.2) is 35.1 Å². The zero-order valence-electron chi connectivity index (χ0n) is 15.9. The van der Waals surface area contributed by atoms with E-state index in [0.29, 0.717) is 28.6 Å². The van der Waals surface area contributed by atoms with Gasteiger partial charge in [0.25, 0.3) is 5.91 Å². The third-order valence-electron chi connectivity index (χ3n) is 4.88. The number of anilines is 1. The molecule has 1 aliphatic heterocycles. The van der Waals surface area contributed by atoms with Crippen LogP contribution in [0.15, 0.2) is 48.9 Å². The number of amides is 1. The van der Waals surface area contributed by atoms with Gasteiger partial charge in [-0.2, -0.15) is 0 Å². The summed E-state index contributed by atoms with van der Waals surface area (Å²) >= 11 is 0. The third kappa shape index (κ3) is 2.85. The molecular formula is C21H20N4O3. The highest BCUT2D eigenvalue weighted by atomic mass is 16.5. The first kappa shape index (κ1) is 17.9. The van der Waals surface area contributed by atoms with E-state index in [-0.39, 0.29) is 11.9 Å². The summed E-state index contributed by atoms with van der Waals surface area (Å²) in [5.41, 5.74) is 2.92. The van der Waals surface area contributed by atoms with Crippen molar-refractivity contribution in [2.24, 2.45) is 0 Å². The Kier molecular flexibility index (Phi) is 4.65. The van der Waals surface area contributed by atoms with E-state index in [1.54, 1.807) is 49.8 Å². The number of carbonyl (C=O) groups is 1. The van der Waals surface area contributed by atoms with Gasteiger partial charge in [-0.05, 0) is 42.3 Å². The third-order valence-corrected chi connectivity index (χ3v) is 4.88. The maximum atomic E-state index is 13.3. The number of ether oxygens (including phenoxy) is 2. The number of fused-ring (bicyclic) bond motifs is 1. The van der Waals surface area contributed by atoms with E-state index in [1.165, 1.54) is 0 Å². The molecule has 1 amide bonds. The Labute approximate surface area is 163 Å². The molecule has 0 saturated heterocycles. The molecule has 2 aromatic heterocycles. The molecule has 0 saturated carbocycles. The highest BCUT2D eigenvalue weighted by Gasteiger charge is 2.38. The van der Waals surface area contributed by atoms with E-state index in [4.69, 9.17) is 9.47 Å². The van der Waals surface area contributed by atoms with Crippen molar-refractivity contribution < 1.29 is 14.3 Å². The summed E-state index contributed by atoms with van der Waals surface area (Å²) in [7, 11) is 3.16. The van der Waals surface area contributed by atoms with Gasteiger partial charge in [-0.15, -0.1) is 0 Å². The summed E-state index contributed by atoms with van der Waals surface area (Å²) in [6, 6.07) is 8.96. The van der Waals surface area contributed by atoms with Gasteiger partial charge in [0, 0.05) is 29.8 Å². The van der Waals surface area contributed by atoms with Crippen molar-refractivity contribution in [3.05, 3.63) is 60.0 Å². The lowest BCUT2D eigenvalue weighted by molar-refractivity contribution is 0.0990. The van der Waals surface area contributed by atoms with Gasteiger partial charge in [0.2, 0.25) is 0 Å². The van der Waals surface area contributed by atoms with Crippen molar-refractivity contribution in [1.29, 1.82) is 0 Å². The molecule has 0 aliphatic carbocycles. The number of rotatable bonds is 5. The summed E-state index contributed by atoms with van der Waals surface area (Å²) in [6.45, 7) is 2.05. The van der Waals surface area contributed by atoms with Crippen molar-refractivity contribution in [3.8, 4) is 23.0 Å². The van der Waals surface area contributed by atoms with Gasteiger partial charge < -0.3 is 14.4 Å². The summed E-state index contributed by atoms with van der Waals surface area (Å²) in [5, 5.41) is 0. The molecule has 4 rings (SSSR count). The second-order valence-corrected chi connectivity index (χ2v) is 6.37. The standard InChI is InChI=1S/C21H20N4O3/c1-4-17-14-11-18(27-2)19(28-3)12-15(14)21(26)25(17)13-6-9-22-16(10-13)20-23-7-5-8-24-20/h5-12,17H,4H2,1-3H3. The minimum Gasteiger partial charge on any atom is -0.493 e. The van der Waals surface area contributed by atoms with Crippen molar-refractivity contribution in [3.63, 3.8) is 0 Å². The highest BCUT2D eigenvalue weighted by Crippen LogP contribution is 2.44. The molecule has 0 N–H and O–H groups in total. The molecule has 28 heavy (non-hydrogen) atoms. The van der Waals surface area contributed by atoms with Gasteiger partial charge in [0.15, 0.2) is 17.3 Å². The number of hydrogen-bond acceptors (Lipinski definition) is 6. The van der Waals surface area contributed by atoms with E-state index < -0.39 is 0 Å². The molecule has 0 spiro atoms. The summed E-state index contributed by atoms with van der Waals surface area (Å²) < 4.78 is 10.8. The van der Waals surface area contributed by atoms with E-state index in [9.17, 15) is 4.79 Å². The van der Waals surface area contributed by atoms with Crippen LogP contribution in [0.5, 0.6) is 11.5 Å². The molecule has 1 atom stereocenters. The van der Waals surface area contributed by atoms with Gasteiger partial charge in [-0.3, -0.25) is 9.78 Å². The number of benzene rings is 1. The quantitative estimate of drug-likeness (QED) is 0.676. The number of pyridine rings is 1. The molecule has 0 fully saturated rings. The Morgan fingerprint density at radius 2 is 1.71 bits per heavy atom. The van der Waals surface area contributed by atoms with E-state index in [1.807, 2.05) is 18.2 Å². The van der Waals surface area contributed by atoms with E-state index in [2.05, 4.69) is 21.9 Å². The summed E-state index contributed by atoms with van der Waals surface area (Å²) in [6.07, 6.45) is 5.76. The second kappa shape index (κ2) is 7.26. The van der Waals surface area contributed by atoms with Crippen LogP contribution in [0.4, 0.5) is 5.69 Å². The largest absolute Gasteiger partial charge is 0.493 e. The fraction of sp³-hybridized carbons (Fsp3) is 0.238. The van der Waals surface area contributed by atoms with Crippen LogP contribution in [0, 0.1) is 0 Å². The minimum atomic E-state index is -0.103. The molecule has 3 heterocycles. The van der Waals surface area contributed by atoms with Crippen LogP contribution in [0.2, 0.25) is 0 Å². The van der Waals surface area contributed by atoms with E-state index >= 15 is 0 Å². The molecule has 3 aromatic rings. The van der Waals surface area contributed by atoms with Gasteiger partial charge in [0.1, 0.15) is 5.69 Å². The van der Waals surface area contributed by atoms with Crippen LogP contribution in [-0.2, 0) is 0 Å². The monoisotopic (exact) mass is 376 g/mol. The highest BCUT2D eigenvalue weighted by molar-refractivity contribution is 6.11. The fourth-order valence-corrected chi connectivity index (χ4v) is 3.59. The summed E-state index contributed by atoms with van der Waals surface area (Å²) in [4.78, 5) is 27.9. The molecule has 1 aromatic carbocycles. The topological polar surface area (TPSA) is 77.4 Å². The first-order chi connectivity index (χ1) is 13.7. The zero-order valence-corrected chi connectivity index (χ0v) is 15.9. The Morgan fingerprint density at radius 3 is 2.39 bits per heavy atom. The number of hydrogen-bond donors (Lipinski definition) is 0. The molecular weight excluding hydrogens is 356 g/mol. The molecule has 1 aliphatic rings. The Hall–Kier alpha value is -3.48. The van der Waals surface area contributed by atoms with Crippen LogP contribution in [0.25, 0.3) is 11.5 Å². The lowest BCUT2D eigenvalue weighted by atomic mass is 10.0. The Balaban J connectivity index is 1.79. The number of methoxy groups -OCH3 is 2. The average Bonchev–Trinajstić information content (AvgIpc) is 3.04. The van der Waals surface area contributed by atoms with Gasteiger partial charge in [-0.25, -0.2) is 9.97 Å². The number of aromatic nitrogens is 3. The smallest absolute Gasteiger partial charge is 0.259 e. The van der Waals surface area contributed by atoms with Crippen molar-refractivity contribution in [1.82, 2.24) is 15.0 Å². The Morgan fingerprint density at radius 1 is 1.00 bits per heavy atom. The van der Waals surface area contributed by atoms with Crippen molar-refractivity contribution in [2.75, 3.05) is 19.1 Å². The lowest BCUT2D eigenvalue weighted by Crippen LogP contribution is -2.27. The van der Waals surface area contributed by atoms with Gasteiger partial charge in [0.05, 0.1) is 20.3 Å². The van der Waals surface area contributed by atoms with Crippen LogP contribution in [0.3, 0.4) is 0 Å². The minimum absolute atomic E-state index is 0.0751. The average molecular weight is 376 g/mol. The number of carbonyl (C=O) groups excluding carboxylic acids is 1. The molecule has 7 heteroatoms. The normalized spacial score (nSPS) is 15.5.